The Labute approximate surface area is 107 Å². The minimum Gasteiger partial charge on any atom is -0.396 e. The molecule has 1 fully saturated rings. The number of pyridine rings is 1. The van der Waals surface area contributed by atoms with E-state index in [1.54, 1.807) is 12.3 Å². The van der Waals surface area contributed by atoms with Crippen LogP contribution in [0, 0.1) is 5.92 Å². The Bertz CT molecular complexity index is 396. The Hall–Kier alpha value is -1.00. The van der Waals surface area contributed by atoms with Crippen molar-refractivity contribution in [3.63, 3.8) is 0 Å². The number of hydrogen-bond donors (Lipinski definition) is 2. The summed E-state index contributed by atoms with van der Waals surface area (Å²) in [6.07, 6.45) is 2.74. The van der Waals surface area contributed by atoms with Crippen LogP contribution in [-0.2, 0) is 0 Å². The van der Waals surface area contributed by atoms with E-state index in [2.05, 4.69) is 29.2 Å². The molecule has 2 rings (SSSR count). The van der Waals surface area contributed by atoms with Gasteiger partial charge in [-0.2, -0.15) is 0 Å². The highest BCUT2D eigenvalue weighted by atomic mass is 35.5. The highest BCUT2D eigenvalue weighted by Crippen LogP contribution is 2.24. The maximum absolute atomic E-state index is 5.89. The quantitative estimate of drug-likeness (QED) is 0.849. The number of hydrogen-bond acceptors (Lipinski definition) is 4. The average Bonchev–Trinajstić information content (AvgIpc) is 2.25. The van der Waals surface area contributed by atoms with Gasteiger partial charge in [-0.15, -0.1) is 0 Å². The minimum absolute atomic E-state index is 0.433. The molecule has 0 radical (unpaired) electrons. The fourth-order valence-corrected chi connectivity index (χ4v) is 2.49. The van der Waals surface area contributed by atoms with Crippen LogP contribution in [0.2, 0.25) is 5.02 Å². The molecule has 4 nitrogen and oxygen atoms in total. The van der Waals surface area contributed by atoms with E-state index in [9.17, 15) is 0 Å². The minimum atomic E-state index is 0.433. The lowest BCUT2D eigenvalue weighted by atomic mass is 9.94. The topological polar surface area (TPSA) is 54.2 Å². The Morgan fingerprint density at radius 1 is 1.59 bits per heavy atom. The van der Waals surface area contributed by atoms with E-state index in [-0.39, 0.29) is 0 Å². The van der Waals surface area contributed by atoms with Crippen LogP contribution in [0.1, 0.15) is 13.3 Å². The number of nitrogen functional groups attached to an aromatic ring is 1. The number of nitrogens with zero attached hydrogens (tertiary/aromatic N) is 2. The predicted molar refractivity (Wildman–Crippen MR) is 72.3 cm³/mol. The molecule has 5 heteroatoms. The van der Waals surface area contributed by atoms with Crippen molar-refractivity contribution in [3.05, 3.63) is 17.3 Å². The lowest BCUT2D eigenvalue weighted by Gasteiger charge is -2.35. The maximum atomic E-state index is 5.89. The van der Waals surface area contributed by atoms with Crippen LogP contribution in [0.3, 0.4) is 0 Å². The highest BCUT2D eigenvalue weighted by Gasteiger charge is 2.24. The van der Waals surface area contributed by atoms with E-state index in [1.165, 1.54) is 0 Å². The molecule has 2 unspecified atom stereocenters. The summed E-state index contributed by atoms with van der Waals surface area (Å²) < 4.78 is 0. The zero-order valence-corrected chi connectivity index (χ0v) is 11.0. The Kier molecular flexibility index (Phi) is 3.74. The van der Waals surface area contributed by atoms with Crippen molar-refractivity contribution in [2.45, 2.75) is 19.4 Å². The van der Waals surface area contributed by atoms with Gasteiger partial charge in [-0.3, -0.25) is 0 Å². The van der Waals surface area contributed by atoms with Crippen LogP contribution >= 0.6 is 11.6 Å². The molecule has 2 atom stereocenters. The van der Waals surface area contributed by atoms with E-state index in [0.717, 1.165) is 25.3 Å². The third kappa shape index (κ3) is 3.01. The van der Waals surface area contributed by atoms with Crippen molar-refractivity contribution in [2.75, 3.05) is 31.2 Å². The molecule has 0 saturated carbocycles. The van der Waals surface area contributed by atoms with Crippen molar-refractivity contribution >= 4 is 23.1 Å². The zero-order valence-electron chi connectivity index (χ0n) is 10.3. The first-order valence-electron chi connectivity index (χ1n) is 5.92. The van der Waals surface area contributed by atoms with Gasteiger partial charge in [0.2, 0.25) is 0 Å². The Morgan fingerprint density at radius 3 is 3.00 bits per heavy atom. The molecule has 0 bridgehead atoms. The molecule has 0 aliphatic carbocycles. The Balaban J connectivity index is 2.05. The smallest absolute Gasteiger partial charge is 0.149 e. The standard InChI is InChI=1S/C12H19ClN4/c1-8-7-17(2)4-3-11(8)16-12-10(14)5-9(13)6-15-12/h5-6,8,11H,3-4,7,14H2,1-2H3,(H,15,16). The van der Waals surface area contributed by atoms with Crippen LogP contribution in [-0.4, -0.2) is 36.1 Å². The maximum Gasteiger partial charge on any atom is 0.149 e. The normalized spacial score (nSPS) is 25.8. The molecule has 3 N–H and O–H groups in total. The van der Waals surface area contributed by atoms with Crippen LogP contribution in [0.25, 0.3) is 0 Å². The number of piperidine rings is 1. The fourth-order valence-electron chi connectivity index (χ4n) is 2.32. The van der Waals surface area contributed by atoms with Gasteiger partial charge in [0.25, 0.3) is 0 Å². The van der Waals surface area contributed by atoms with Crippen LogP contribution in [0.15, 0.2) is 12.3 Å². The van der Waals surface area contributed by atoms with Gasteiger partial charge < -0.3 is 16.0 Å². The summed E-state index contributed by atoms with van der Waals surface area (Å²) >= 11 is 5.83. The second-order valence-corrected chi connectivity index (χ2v) is 5.31. The molecular formula is C12H19ClN4. The molecule has 1 aliphatic rings. The van der Waals surface area contributed by atoms with Crippen molar-refractivity contribution in [1.29, 1.82) is 0 Å². The molecule has 0 amide bonds. The zero-order chi connectivity index (χ0) is 12.4. The van der Waals surface area contributed by atoms with Crippen LogP contribution in [0.4, 0.5) is 11.5 Å². The second-order valence-electron chi connectivity index (χ2n) is 4.87. The average molecular weight is 255 g/mol. The number of rotatable bonds is 2. The van der Waals surface area contributed by atoms with Gasteiger partial charge in [-0.05, 0) is 32.0 Å². The fraction of sp³-hybridized carbons (Fsp3) is 0.583. The van der Waals surface area contributed by atoms with Crippen molar-refractivity contribution in [1.82, 2.24) is 9.88 Å². The third-order valence-corrected chi connectivity index (χ3v) is 3.52. The van der Waals surface area contributed by atoms with Crippen molar-refractivity contribution < 1.29 is 0 Å². The second kappa shape index (κ2) is 5.10. The molecule has 17 heavy (non-hydrogen) atoms. The van der Waals surface area contributed by atoms with Crippen molar-refractivity contribution in [2.24, 2.45) is 5.92 Å². The highest BCUT2D eigenvalue weighted by molar-refractivity contribution is 6.30. The summed E-state index contributed by atoms with van der Waals surface area (Å²) in [4.78, 5) is 6.59. The molecule has 1 aromatic rings. The van der Waals surface area contributed by atoms with Crippen LogP contribution in [0.5, 0.6) is 0 Å². The van der Waals surface area contributed by atoms with Gasteiger partial charge in [-0.25, -0.2) is 4.98 Å². The lowest BCUT2D eigenvalue weighted by Crippen LogP contribution is -2.43. The number of nitrogens with two attached hydrogens (primary N) is 1. The van der Waals surface area contributed by atoms with E-state index < -0.39 is 0 Å². The first-order chi connectivity index (χ1) is 8.06. The first-order valence-corrected chi connectivity index (χ1v) is 6.30. The molecule has 1 aromatic heterocycles. The summed E-state index contributed by atoms with van der Waals surface area (Å²) in [5.41, 5.74) is 6.51. The number of halogens is 1. The van der Waals surface area contributed by atoms with Gasteiger partial charge in [0.1, 0.15) is 5.82 Å². The SMILES string of the molecule is CC1CN(C)CCC1Nc1ncc(Cl)cc1N. The number of likely N-dealkylation sites (tertiary alicyclic amines) is 1. The van der Waals surface area contributed by atoms with E-state index >= 15 is 0 Å². The molecular weight excluding hydrogens is 236 g/mol. The van der Waals surface area contributed by atoms with Gasteiger partial charge in [0.05, 0.1) is 10.7 Å². The molecule has 1 saturated heterocycles. The summed E-state index contributed by atoms with van der Waals surface area (Å²) in [6, 6.07) is 2.17. The monoisotopic (exact) mass is 254 g/mol. The molecule has 0 spiro atoms. The molecule has 94 valence electrons. The first kappa shape index (κ1) is 12.5. The van der Waals surface area contributed by atoms with E-state index in [0.29, 0.717) is 22.7 Å². The molecule has 0 aromatic carbocycles. The van der Waals surface area contributed by atoms with Crippen LogP contribution < -0.4 is 11.1 Å². The van der Waals surface area contributed by atoms with Gasteiger partial charge >= 0.3 is 0 Å². The Morgan fingerprint density at radius 2 is 2.35 bits per heavy atom. The van der Waals surface area contributed by atoms with E-state index in [1.807, 2.05) is 0 Å². The third-order valence-electron chi connectivity index (χ3n) is 3.31. The summed E-state index contributed by atoms with van der Waals surface area (Å²) in [7, 11) is 2.15. The van der Waals surface area contributed by atoms with Gasteiger partial charge in [0.15, 0.2) is 0 Å². The van der Waals surface area contributed by atoms with Gasteiger partial charge in [-0.1, -0.05) is 18.5 Å². The predicted octanol–water partition coefficient (Wildman–Crippen LogP) is 2.07. The summed E-state index contributed by atoms with van der Waals surface area (Å²) in [5.74, 6) is 1.33. The summed E-state index contributed by atoms with van der Waals surface area (Å²) in [6.45, 7) is 4.46. The summed E-state index contributed by atoms with van der Waals surface area (Å²) in [5, 5.41) is 4.00. The molecule has 2 heterocycles. The van der Waals surface area contributed by atoms with Gasteiger partial charge in [0, 0.05) is 18.8 Å². The number of aromatic nitrogens is 1. The van der Waals surface area contributed by atoms with Crippen molar-refractivity contribution in [3.8, 4) is 0 Å². The number of anilines is 2. The largest absolute Gasteiger partial charge is 0.396 e. The molecule has 1 aliphatic heterocycles. The number of nitrogens with one attached hydrogen (secondary N) is 1. The van der Waals surface area contributed by atoms with E-state index in [4.69, 9.17) is 17.3 Å². The lowest BCUT2D eigenvalue weighted by molar-refractivity contribution is 0.206.